The van der Waals surface area contributed by atoms with Crippen LogP contribution in [-0.4, -0.2) is 19.7 Å². The average Bonchev–Trinajstić information content (AvgIpc) is 2.34. The summed E-state index contributed by atoms with van der Waals surface area (Å²) in [6.07, 6.45) is 3.21. The minimum Gasteiger partial charge on any atom is -0.496 e. The van der Waals surface area contributed by atoms with E-state index in [0.29, 0.717) is 6.04 Å². The van der Waals surface area contributed by atoms with Crippen molar-refractivity contribution in [2.45, 2.75) is 33.2 Å². The number of methoxy groups -OCH3 is 1. The molecule has 0 heterocycles. The van der Waals surface area contributed by atoms with Crippen LogP contribution in [0.25, 0.3) is 5.57 Å². The van der Waals surface area contributed by atoms with E-state index in [2.05, 4.69) is 32.2 Å². The Morgan fingerprint density at radius 1 is 1.44 bits per heavy atom. The molecule has 0 aliphatic heterocycles. The smallest absolute Gasteiger partial charge is 0.126 e. The van der Waals surface area contributed by atoms with Crippen molar-refractivity contribution in [3.05, 3.63) is 34.9 Å². The summed E-state index contributed by atoms with van der Waals surface area (Å²) < 4.78 is 5.35. The van der Waals surface area contributed by atoms with Crippen LogP contribution in [0.1, 0.15) is 32.8 Å². The normalized spacial score (nSPS) is 12.0. The third-order valence-electron chi connectivity index (χ3n) is 2.73. The van der Waals surface area contributed by atoms with E-state index >= 15 is 0 Å². The second-order valence-corrected chi connectivity index (χ2v) is 5.07. The molecule has 0 aromatic heterocycles. The lowest BCUT2D eigenvalue weighted by atomic mass is 10.1. The maximum absolute atomic E-state index is 6.03. The van der Waals surface area contributed by atoms with Gasteiger partial charge in [-0.15, -0.1) is 0 Å². The summed E-state index contributed by atoms with van der Waals surface area (Å²) in [5, 5.41) is 4.13. The first-order valence-corrected chi connectivity index (χ1v) is 6.66. The number of rotatable bonds is 6. The van der Waals surface area contributed by atoms with Gasteiger partial charge in [-0.1, -0.05) is 31.5 Å². The molecule has 0 amide bonds. The largest absolute Gasteiger partial charge is 0.496 e. The molecule has 0 aliphatic rings. The topological polar surface area (TPSA) is 21.3 Å². The maximum Gasteiger partial charge on any atom is 0.126 e. The van der Waals surface area contributed by atoms with E-state index < -0.39 is 0 Å². The molecule has 0 radical (unpaired) electrons. The van der Waals surface area contributed by atoms with Gasteiger partial charge in [-0.2, -0.15) is 0 Å². The van der Waals surface area contributed by atoms with Gasteiger partial charge >= 0.3 is 0 Å². The third kappa shape index (κ3) is 4.71. The van der Waals surface area contributed by atoms with E-state index in [9.17, 15) is 0 Å². The van der Waals surface area contributed by atoms with Crippen LogP contribution >= 0.6 is 11.6 Å². The van der Waals surface area contributed by atoms with Gasteiger partial charge in [0.15, 0.2) is 0 Å². The molecule has 0 unspecified atom stereocenters. The predicted molar refractivity (Wildman–Crippen MR) is 79.4 cm³/mol. The lowest BCUT2D eigenvalue weighted by Crippen LogP contribution is -2.23. The van der Waals surface area contributed by atoms with Gasteiger partial charge in [0.25, 0.3) is 0 Å². The Kier molecular flexibility index (Phi) is 6.23. The molecule has 18 heavy (non-hydrogen) atoms. The minimum atomic E-state index is 0.527. The van der Waals surface area contributed by atoms with Gasteiger partial charge in [0.05, 0.1) is 7.11 Å². The van der Waals surface area contributed by atoms with Gasteiger partial charge in [0.1, 0.15) is 5.75 Å². The second kappa shape index (κ2) is 7.45. The number of nitrogens with one attached hydrogen (secondary N) is 1. The first-order chi connectivity index (χ1) is 8.54. The summed E-state index contributed by atoms with van der Waals surface area (Å²) in [6.45, 7) is 7.37. The Morgan fingerprint density at radius 2 is 2.17 bits per heavy atom. The molecule has 0 fully saturated rings. The molecule has 1 aromatic rings. The van der Waals surface area contributed by atoms with Crippen LogP contribution in [0.15, 0.2) is 24.3 Å². The highest BCUT2D eigenvalue weighted by atomic mass is 35.5. The molecule has 0 atom stereocenters. The van der Waals surface area contributed by atoms with Gasteiger partial charge in [-0.25, -0.2) is 0 Å². The molecule has 0 saturated carbocycles. The van der Waals surface area contributed by atoms with Crippen LogP contribution in [0.2, 0.25) is 5.02 Å². The molecule has 1 rings (SSSR count). The zero-order valence-corrected chi connectivity index (χ0v) is 12.3. The van der Waals surface area contributed by atoms with Gasteiger partial charge in [-0.05, 0) is 43.7 Å². The number of halogens is 1. The van der Waals surface area contributed by atoms with Crippen molar-refractivity contribution in [2.24, 2.45) is 0 Å². The highest BCUT2D eigenvalue weighted by molar-refractivity contribution is 6.30. The number of allylic oxidation sites excluding steroid dienone is 1. The van der Waals surface area contributed by atoms with Crippen molar-refractivity contribution in [1.82, 2.24) is 5.32 Å². The first kappa shape index (κ1) is 15.1. The zero-order valence-electron chi connectivity index (χ0n) is 11.6. The summed E-state index contributed by atoms with van der Waals surface area (Å²) in [7, 11) is 1.68. The molecule has 0 spiro atoms. The van der Waals surface area contributed by atoms with Crippen LogP contribution in [0, 0.1) is 0 Å². The Labute approximate surface area is 115 Å². The average molecular weight is 268 g/mol. The molecule has 0 bridgehead atoms. The molecule has 1 N–H and O–H groups in total. The monoisotopic (exact) mass is 267 g/mol. The zero-order chi connectivity index (χ0) is 13.5. The summed E-state index contributed by atoms with van der Waals surface area (Å²) >= 11 is 6.03. The molecule has 100 valence electrons. The van der Waals surface area contributed by atoms with Crippen molar-refractivity contribution < 1.29 is 4.74 Å². The van der Waals surface area contributed by atoms with Crippen LogP contribution < -0.4 is 10.1 Å². The van der Waals surface area contributed by atoms with Crippen molar-refractivity contribution in [3.63, 3.8) is 0 Å². The Hall–Kier alpha value is -0.990. The molecule has 3 heteroatoms. The van der Waals surface area contributed by atoms with E-state index in [1.807, 2.05) is 18.2 Å². The molecule has 0 aliphatic carbocycles. The van der Waals surface area contributed by atoms with Crippen LogP contribution in [0.5, 0.6) is 5.75 Å². The molecule has 2 nitrogen and oxygen atoms in total. The fourth-order valence-corrected chi connectivity index (χ4v) is 1.93. The van der Waals surface area contributed by atoms with Gasteiger partial charge in [-0.3, -0.25) is 0 Å². The van der Waals surface area contributed by atoms with Crippen molar-refractivity contribution in [1.29, 1.82) is 0 Å². The van der Waals surface area contributed by atoms with E-state index in [0.717, 1.165) is 29.3 Å². The van der Waals surface area contributed by atoms with E-state index in [4.69, 9.17) is 16.3 Å². The standard InChI is InChI=1S/C15H22ClNO/c1-11(2)17-9-5-6-12(3)14-10-13(16)7-8-15(14)18-4/h6-8,10-11,17H,5,9H2,1-4H3. The lowest BCUT2D eigenvalue weighted by molar-refractivity contribution is 0.413. The summed E-state index contributed by atoms with van der Waals surface area (Å²) in [6, 6.07) is 6.22. The summed E-state index contributed by atoms with van der Waals surface area (Å²) in [5.41, 5.74) is 2.26. The van der Waals surface area contributed by atoms with Crippen molar-refractivity contribution in [3.8, 4) is 5.75 Å². The molecular formula is C15H22ClNO. The Balaban J connectivity index is 2.73. The fraction of sp³-hybridized carbons (Fsp3) is 0.467. The summed E-state index contributed by atoms with van der Waals surface area (Å²) in [5.74, 6) is 0.866. The highest BCUT2D eigenvalue weighted by Gasteiger charge is 2.05. The van der Waals surface area contributed by atoms with Crippen LogP contribution in [0.4, 0.5) is 0 Å². The van der Waals surface area contributed by atoms with Crippen molar-refractivity contribution >= 4 is 17.2 Å². The molecule has 1 aromatic carbocycles. The Bertz CT molecular complexity index is 413. The van der Waals surface area contributed by atoms with E-state index in [-0.39, 0.29) is 0 Å². The van der Waals surface area contributed by atoms with E-state index in [1.165, 1.54) is 5.57 Å². The molecule has 0 saturated heterocycles. The quantitative estimate of drug-likeness (QED) is 0.782. The summed E-state index contributed by atoms with van der Waals surface area (Å²) in [4.78, 5) is 0. The first-order valence-electron chi connectivity index (χ1n) is 6.28. The number of benzene rings is 1. The fourth-order valence-electron chi connectivity index (χ4n) is 1.76. The van der Waals surface area contributed by atoms with Crippen LogP contribution in [-0.2, 0) is 0 Å². The van der Waals surface area contributed by atoms with Crippen LogP contribution in [0.3, 0.4) is 0 Å². The Morgan fingerprint density at radius 3 is 2.78 bits per heavy atom. The minimum absolute atomic E-state index is 0.527. The number of ether oxygens (including phenoxy) is 1. The van der Waals surface area contributed by atoms with Gasteiger partial charge in [0, 0.05) is 16.6 Å². The van der Waals surface area contributed by atoms with Gasteiger partial charge in [0.2, 0.25) is 0 Å². The van der Waals surface area contributed by atoms with E-state index in [1.54, 1.807) is 7.11 Å². The number of hydrogen-bond donors (Lipinski definition) is 1. The van der Waals surface area contributed by atoms with Crippen molar-refractivity contribution in [2.75, 3.05) is 13.7 Å². The maximum atomic E-state index is 6.03. The second-order valence-electron chi connectivity index (χ2n) is 4.63. The molecular weight excluding hydrogens is 246 g/mol. The highest BCUT2D eigenvalue weighted by Crippen LogP contribution is 2.28. The predicted octanol–water partition coefficient (Wildman–Crippen LogP) is 4.14. The number of hydrogen-bond acceptors (Lipinski definition) is 2. The third-order valence-corrected chi connectivity index (χ3v) is 2.97. The van der Waals surface area contributed by atoms with Gasteiger partial charge < -0.3 is 10.1 Å². The lowest BCUT2D eigenvalue weighted by Gasteiger charge is -2.10. The SMILES string of the molecule is COc1ccc(Cl)cc1C(C)=CCCNC(C)C.